The van der Waals surface area contributed by atoms with Crippen LogP contribution in [0.5, 0.6) is 0 Å². The van der Waals surface area contributed by atoms with Crippen molar-refractivity contribution >= 4 is 11.9 Å². The van der Waals surface area contributed by atoms with Crippen molar-refractivity contribution in [2.75, 3.05) is 0 Å². The molecule has 0 saturated carbocycles. The molecule has 2 aromatic carbocycles. The molecule has 4 nitrogen and oxygen atoms in total. The standard InChI is InChI=1S/C15H15N3O/c1-10-4-2-5-11(8-10)12-6-3-7-13(9-12)14(19)18-15(16)17/h2-9H,1H3,(H4,16,17,18,19). The molecular formula is C15H15N3O. The number of nitrogens with two attached hydrogens (primary N) is 2. The monoisotopic (exact) mass is 253 g/mol. The fourth-order valence-electron chi connectivity index (χ4n) is 1.84. The summed E-state index contributed by atoms with van der Waals surface area (Å²) in [6, 6.07) is 15.3. The van der Waals surface area contributed by atoms with Crippen LogP contribution in [0, 0.1) is 6.92 Å². The van der Waals surface area contributed by atoms with E-state index in [0.29, 0.717) is 5.56 Å². The molecule has 0 aromatic heterocycles. The van der Waals surface area contributed by atoms with Crippen LogP contribution < -0.4 is 11.5 Å². The van der Waals surface area contributed by atoms with Gasteiger partial charge >= 0.3 is 0 Å². The van der Waals surface area contributed by atoms with E-state index in [9.17, 15) is 4.79 Å². The van der Waals surface area contributed by atoms with Gasteiger partial charge in [0, 0.05) is 5.56 Å². The molecule has 0 bridgehead atoms. The number of amides is 1. The summed E-state index contributed by atoms with van der Waals surface area (Å²) in [5, 5.41) is 0. The molecule has 0 aliphatic carbocycles. The number of hydrogen-bond acceptors (Lipinski definition) is 1. The highest BCUT2D eigenvalue weighted by molar-refractivity contribution is 6.02. The fraction of sp³-hybridized carbons (Fsp3) is 0.0667. The van der Waals surface area contributed by atoms with Gasteiger partial charge in [0.15, 0.2) is 5.96 Å². The summed E-state index contributed by atoms with van der Waals surface area (Å²) in [5.41, 5.74) is 14.1. The van der Waals surface area contributed by atoms with E-state index in [1.807, 2.05) is 37.3 Å². The van der Waals surface area contributed by atoms with E-state index in [2.05, 4.69) is 11.1 Å². The second-order valence-corrected chi connectivity index (χ2v) is 4.29. The Morgan fingerprint density at radius 1 is 1.00 bits per heavy atom. The van der Waals surface area contributed by atoms with Crippen LogP contribution in [0.3, 0.4) is 0 Å². The molecule has 0 heterocycles. The summed E-state index contributed by atoms with van der Waals surface area (Å²) >= 11 is 0. The van der Waals surface area contributed by atoms with Crippen LogP contribution in [0.1, 0.15) is 15.9 Å². The Balaban J connectivity index is 2.40. The molecule has 0 saturated heterocycles. The number of nitrogens with zero attached hydrogens (tertiary/aromatic N) is 1. The molecule has 4 heteroatoms. The SMILES string of the molecule is Cc1cccc(-c2cccc(C(=O)N=C(N)N)c2)c1. The van der Waals surface area contributed by atoms with Gasteiger partial charge in [-0.3, -0.25) is 4.79 Å². The molecule has 4 N–H and O–H groups in total. The number of carbonyl (C=O) groups is 1. The number of hydrogen-bond donors (Lipinski definition) is 2. The van der Waals surface area contributed by atoms with Crippen LogP contribution in [0.2, 0.25) is 0 Å². The van der Waals surface area contributed by atoms with Crippen LogP contribution in [0.15, 0.2) is 53.5 Å². The first kappa shape index (κ1) is 12.8. The largest absolute Gasteiger partial charge is 0.370 e. The molecule has 19 heavy (non-hydrogen) atoms. The van der Waals surface area contributed by atoms with E-state index in [0.717, 1.165) is 11.1 Å². The zero-order chi connectivity index (χ0) is 13.8. The summed E-state index contributed by atoms with van der Waals surface area (Å²) in [4.78, 5) is 15.3. The lowest BCUT2D eigenvalue weighted by atomic mass is 10.0. The van der Waals surface area contributed by atoms with Gasteiger partial charge in [-0.05, 0) is 30.2 Å². The highest BCUT2D eigenvalue weighted by Crippen LogP contribution is 2.21. The minimum atomic E-state index is -0.436. The highest BCUT2D eigenvalue weighted by Gasteiger charge is 2.06. The Hall–Kier alpha value is -2.62. The van der Waals surface area contributed by atoms with Crippen molar-refractivity contribution in [2.24, 2.45) is 16.5 Å². The summed E-state index contributed by atoms with van der Waals surface area (Å²) in [6.45, 7) is 2.03. The maximum absolute atomic E-state index is 11.8. The summed E-state index contributed by atoms with van der Waals surface area (Å²) < 4.78 is 0. The van der Waals surface area contributed by atoms with Crippen LogP contribution >= 0.6 is 0 Å². The quantitative estimate of drug-likeness (QED) is 0.635. The molecule has 0 radical (unpaired) electrons. The molecular weight excluding hydrogens is 238 g/mol. The molecule has 2 aromatic rings. The van der Waals surface area contributed by atoms with Crippen molar-refractivity contribution in [3.8, 4) is 11.1 Å². The van der Waals surface area contributed by atoms with Crippen molar-refractivity contribution < 1.29 is 4.79 Å². The second-order valence-electron chi connectivity index (χ2n) is 4.29. The predicted octanol–water partition coefficient (Wildman–Crippen LogP) is 2.08. The first-order valence-electron chi connectivity index (χ1n) is 5.87. The lowest BCUT2D eigenvalue weighted by molar-refractivity contribution is 0.100. The Bertz CT molecular complexity index is 643. The normalized spacial score (nSPS) is 9.95. The van der Waals surface area contributed by atoms with Gasteiger partial charge in [0.05, 0.1) is 0 Å². The maximum Gasteiger partial charge on any atom is 0.280 e. The van der Waals surface area contributed by atoms with Gasteiger partial charge in [-0.1, -0.05) is 42.0 Å². The Labute approximate surface area is 111 Å². The van der Waals surface area contributed by atoms with Crippen molar-refractivity contribution in [3.05, 3.63) is 59.7 Å². The molecule has 96 valence electrons. The van der Waals surface area contributed by atoms with Crippen LogP contribution in [0.4, 0.5) is 0 Å². The van der Waals surface area contributed by atoms with Gasteiger partial charge in [-0.15, -0.1) is 0 Å². The number of benzene rings is 2. The molecule has 0 aliphatic heterocycles. The molecule has 0 atom stereocenters. The number of guanidine groups is 1. The van der Waals surface area contributed by atoms with Gasteiger partial charge in [-0.25, -0.2) is 0 Å². The number of rotatable bonds is 2. The van der Waals surface area contributed by atoms with E-state index in [1.165, 1.54) is 5.56 Å². The lowest BCUT2D eigenvalue weighted by Gasteiger charge is -2.04. The molecule has 2 rings (SSSR count). The average molecular weight is 253 g/mol. The highest BCUT2D eigenvalue weighted by atomic mass is 16.1. The number of aliphatic imine (C=N–C) groups is 1. The van der Waals surface area contributed by atoms with Crippen molar-refractivity contribution in [3.63, 3.8) is 0 Å². The van der Waals surface area contributed by atoms with E-state index in [1.54, 1.807) is 12.1 Å². The van der Waals surface area contributed by atoms with Crippen molar-refractivity contribution in [1.82, 2.24) is 0 Å². The minimum absolute atomic E-state index is 0.231. The maximum atomic E-state index is 11.8. The zero-order valence-electron chi connectivity index (χ0n) is 10.6. The van der Waals surface area contributed by atoms with Crippen molar-refractivity contribution in [1.29, 1.82) is 0 Å². The van der Waals surface area contributed by atoms with Gasteiger partial charge in [0.1, 0.15) is 0 Å². The smallest absolute Gasteiger partial charge is 0.280 e. The van der Waals surface area contributed by atoms with Gasteiger partial charge in [0.2, 0.25) is 0 Å². The molecule has 1 amide bonds. The molecule has 0 aliphatic rings. The summed E-state index contributed by atoms with van der Waals surface area (Å²) in [5.74, 6) is -0.666. The number of carbonyl (C=O) groups excluding carboxylic acids is 1. The minimum Gasteiger partial charge on any atom is -0.370 e. The first-order valence-corrected chi connectivity index (χ1v) is 5.87. The third-order valence-corrected chi connectivity index (χ3v) is 2.69. The Morgan fingerprint density at radius 2 is 1.63 bits per heavy atom. The van der Waals surface area contributed by atoms with E-state index < -0.39 is 5.91 Å². The molecule has 0 fully saturated rings. The average Bonchev–Trinajstić information content (AvgIpc) is 2.38. The topological polar surface area (TPSA) is 81.5 Å². The van der Waals surface area contributed by atoms with E-state index >= 15 is 0 Å². The summed E-state index contributed by atoms with van der Waals surface area (Å²) in [6.07, 6.45) is 0. The predicted molar refractivity (Wildman–Crippen MR) is 76.8 cm³/mol. The third-order valence-electron chi connectivity index (χ3n) is 2.69. The molecule has 0 spiro atoms. The van der Waals surface area contributed by atoms with Gasteiger partial charge < -0.3 is 11.5 Å². The van der Waals surface area contributed by atoms with Gasteiger partial charge in [-0.2, -0.15) is 4.99 Å². The third kappa shape index (κ3) is 3.19. The van der Waals surface area contributed by atoms with Crippen LogP contribution in [-0.2, 0) is 0 Å². The lowest BCUT2D eigenvalue weighted by Crippen LogP contribution is -2.24. The zero-order valence-corrected chi connectivity index (χ0v) is 10.6. The Kier molecular flexibility index (Phi) is 3.61. The Morgan fingerprint density at radius 3 is 2.26 bits per heavy atom. The summed E-state index contributed by atoms with van der Waals surface area (Å²) in [7, 11) is 0. The van der Waals surface area contributed by atoms with Gasteiger partial charge in [0.25, 0.3) is 5.91 Å². The van der Waals surface area contributed by atoms with Crippen molar-refractivity contribution in [2.45, 2.75) is 6.92 Å². The second kappa shape index (κ2) is 5.35. The van der Waals surface area contributed by atoms with E-state index in [4.69, 9.17) is 11.5 Å². The first-order chi connectivity index (χ1) is 9.06. The number of aryl methyl sites for hydroxylation is 1. The molecule has 0 unspecified atom stereocenters. The van der Waals surface area contributed by atoms with Crippen LogP contribution in [0.25, 0.3) is 11.1 Å². The van der Waals surface area contributed by atoms with Crippen LogP contribution in [-0.4, -0.2) is 11.9 Å². The fourth-order valence-corrected chi connectivity index (χ4v) is 1.84. The van der Waals surface area contributed by atoms with E-state index in [-0.39, 0.29) is 5.96 Å².